The fourth-order valence-corrected chi connectivity index (χ4v) is 2.28. The number of rotatable bonds is 2. The molecule has 2 aromatic carbocycles. The predicted octanol–water partition coefficient (Wildman–Crippen LogP) is 3.91. The number of carbonyl (C=O) groups is 1. The van der Waals surface area contributed by atoms with Crippen LogP contribution in [0.15, 0.2) is 54.7 Å². The highest BCUT2D eigenvalue weighted by Crippen LogP contribution is 2.25. The third-order valence-electron chi connectivity index (χ3n) is 3.41. The molecule has 20 heavy (non-hydrogen) atoms. The molecule has 0 fully saturated rings. The van der Waals surface area contributed by atoms with Gasteiger partial charge in [0.25, 0.3) is 0 Å². The zero-order valence-corrected chi connectivity index (χ0v) is 11.0. The van der Waals surface area contributed by atoms with Crippen molar-refractivity contribution in [2.75, 3.05) is 0 Å². The van der Waals surface area contributed by atoms with Crippen molar-refractivity contribution in [3.63, 3.8) is 0 Å². The molecule has 0 spiro atoms. The smallest absolute Gasteiger partial charge is 0.335 e. The average Bonchev–Trinajstić information content (AvgIpc) is 2.47. The Labute approximate surface area is 116 Å². The maximum atomic E-state index is 11.2. The molecule has 1 N–H and O–H groups in total. The third kappa shape index (κ3) is 2.14. The first-order valence-electron chi connectivity index (χ1n) is 6.34. The second-order valence-electron chi connectivity index (χ2n) is 4.75. The monoisotopic (exact) mass is 263 g/mol. The van der Waals surface area contributed by atoms with Gasteiger partial charge in [-0.25, -0.2) is 4.79 Å². The van der Waals surface area contributed by atoms with E-state index in [1.165, 1.54) is 0 Å². The molecule has 0 aliphatic carbocycles. The Morgan fingerprint density at radius 1 is 1.05 bits per heavy atom. The first kappa shape index (κ1) is 12.4. The minimum atomic E-state index is -0.900. The molecular weight excluding hydrogens is 250 g/mol. The summed E-state index contributed by atoms with van der Waals surface area (Å²) in [6.45, 7) is 1.80. The molecule has 3 rings (SSSR count). The van der Waals surface area contributed by atoms with E-state index in [1.54, 1.807) is 19.2 Å². The molecule has 0 amide bonds. The van der Waals surface area contributed by atoms with Crippen molar-refractivity contribution >= 4 is 16.9 Å². The molecule has 0 bridgehead atoms. The summed E-state index contributed by atoms with van der Waals surface area (Å²) in [6, 6.07) is 15.3. The lowest BCUT2D eigenvalue weighted by molar-refractivity contribution is 0.0696. The summed E-state index contributed by atoms with van der Waals surface area (Å²) in [5.41, 5.74) is 3.87. The lowest BCUT2D eigenvalue weighted by Gasteiger charge is -2.07. The highest BCUT2D eigenvalue weighted by atomic mass is 16.4. The van der Waals surface area contributed by atoms with Crippen LogP contribution in [0.4, 0.5) is 0 Å². The molecule has 3 nitrogen and oxygen atoms in total. The summed E-state index contributed by atoms with van der Waals surface area (Å²) in [7, 11) is 0. The van der Waals surface area contributed by atoms with E-state index >= 15 is 0 Å². The summed E-state index contributed by atoms with van der Waals surface area (Å²) < 4.78 is 0. The topological polar surface area (TPSA) is 50.2 Å². The van der Waals surface area contributed by atoms with E-state index in [9.17, 15) is 9.90 Å². The lowest BCUT2D eigenvalue weighted by Crippen LogP contribution is -1.99. The fraction of sp³-hybridized carbons (Fsp3) is 0.0588. The van der Waals surface area contributed by atoms with E-state index in [2.05, 4.69) is 4.98 Å². The largest absolute Gasteiger partial charge is 0.478 e. The summed E-state index contributed by atoms with van der Waals surface area (Å²) in [4.78, 5) is 15.5. The van der Waals surface area contributed by atoms with Gasteiger partial charge in [0.05, 0.1) is 11.1 Å². The van der Waals surface area contributed by atoms with Gasteiger partial charge in [-0.3, -0.25) is 4.98 Å². The first-order valence-corrected chi connectivity index (χ1v) is 6.34. The fourth-order valence-electron chi connectivity index (χ4n) is 2.28. The highest BCUT2D eigenvalue weighted by Gasteiger charge is 2.09. The third-order valence-corrected chi connectivity index (χ3v) is 3.41. The van der Waals surface area contributed by atoms with Crippen LogP contribution in [-0.4, -0.2) is 16.1 Å². The average molecular weight is 263 g/mol. The number of pyridine rings is 1. The molecule has 0 atom stereocenters. The SMILES string of the molecule is Cc1ccc(-c2ccc3cccnc3c2)cc1C(=O)O. The number of carboxylic acid groups (broad SMARTS) is 1. The van der Waals surface area contributed by atoms with Gasteiger partial charge in [-0.1, -0.05) is 30.3 Å². The molecule has 0 unspecified atom stereocenters. The van der Waals surface area contributed by atoms with E-state index in [-0.39, 0.29) is 0 Å². The van der Waals surface area contributed by atoms with E-state index in [0.717, 1.165) is 27.6 Å². The van der Waals surface area contributed by atoms with Crippen molar-refractivity contribution in [3.8, 4) is 11.1 Å². The number of nitrogens with zero attached hydrogens (tertiary/aromatic N) is 1. The standard InChI is InChI=1S/C17H13NO2/c1-11-4-5-13(9-15(11)17(19)20)14-7-6-12-3-2-8-18-16(12)10-14/h2-10H,1H3,(H,19,20). The van der Waals surface area contributed by atoms with Crippen molar-refractivity contribution in [2.24, 2.45) is 0 Å². The highest BCUT2D eigenvalue weighted by molar-refractivity contribution is 5.92. The van der Waals surface area contributed by atoms with Crippen molar-refractivity contribution in [3.05, 3.63) is 65.9 Å². The van der Waals surface area contributed by atoms with Gasteiger partial charge in [0.15, 0.2) is 0 Å². The van der Waals surface area contributed by atoms with Gasteiger partial charge in [-0.05, 0) is 41.8 Å². The van der Waals surface area contributed by atoms with Crippen molar-refractivity contribution in [2.45, 2.75) is 6.92 Å². The first-order chi connectivity index (χ1) is 9.65. The van der Waals surface area contributed by atoms with Crippen LogP contribution in [-0.2, 0) is 0 Å². The van der Waals surface area contributed by atoms with Crippen molar-refractivity contribution < 1.29 is 9.90 Å². The number of hydrogen-bond donors (Lipinski definition) is 1. The summed E-state index contributed by atoms with van der Waals surface area (Å²) in [6.07, 6.45) is 1.75. The van der Waals surface area contributed by atoms with E-state index < -0.39 is 5.97 Å². The lowest BCUT2D eigenvalue weighted by atomic mass is 9.99. The van der Waals surface area contributed by atoms with Gasteiger partial charge in [0, 0.05) is 11.6 Å². The van der Waals surface area contributed by atoms with Gasteiger partial charge < -0.3 is 5.11 Å². The molecule has 1 heterocycles. The van der Waals surface area contributed by atoms with Gasteiger partial charge in [-0.15, -0.1) is 0 Å². The Morgan fingerprint density at radius 2 is 1.80 bits per heavy atom. The number of aromatic nitrogens is 1. The predicted molar refractivity (Wildman–Crippen MR) is 78.9 cm³/mol. The number of aromatic carboxylic acids is 1. The second kappa shape index (κ2) is 4.78. The van der Waals surface area contributed by atoms with Crippen LogP contribution in [0.5, 0.6) is 0 Å². The van der Waals surface area contributed by atoms with E-state index in [4.69, 9.17) is 0 Å². The molecule has 98 valence electrons. The molecule has 3 aromatic rings. The number of hydrogen-bond acceptors (Lipinski definition) is 2. The Morgan fingerprint density at radius 3 is 2.60 bits per heavy atom. The van der Waals surface area contributed by atoms with Crippen LogP contribution in [0.2, 0.25) is 0 Å². The molecule has 0 saturated heterocycles. The Bertz CT molecular complexity index is 809. The maximum absolute atomic E-state index is 11.2. The van der Waals surface area contributed by atoms with Gasteiger partial charge in [0.2, 0.25) is 0 Å². The summed E-state index contributed by atoms with van der Waals surface area (Å²) in [5.74, 6) is -0.900. The van der Waals surface area contributed by atoms with Crippen LogP contribution in [0.1, 0.15) is 15.9 Å². The maximum Gasteiger partial charge on any atom is 0.335 e. The van der Waals surface area contributed by atoms with Gasteiger partial charge in [0.1, 0.15) is 0 Å². The Hall–Kier alpha value is -2.68. The van der Waals surface area contributed by atoms with Crippen LogP contribution in [0.3, 0.4) is 0 Å². The van der Waals surface area contributed by atoms with Gasteiger partial charge in [-0.2, -0.15) is 0 Å². The van der Waals surface area contributed by atoms with Crippen LogP contribution in [0, 0.1) is 6.92 Å². The normalized spacial score (nSPS) is 10.7. The Kier molecular flexibility index (Phi) is 2.95. The number of carboxylic acids is 1. The molecule has 0 aliphatic rings. The minimum Gasteiger partial charge on any atom is -0.478 e. The van der Waals surface area contributed by atoms with Crippen LogP contribution < -0.4 is 0 Å². The van der Waals surface area contributed by atoms with E-state index in [1.807, 2.05) is 42.5 Å². The van der Waals surface area contributed by atoms with Crippen molar-refractivity contribution in [1.82, 2.24) is 4.98 Å². The Balaban J connectivity index is 2.15. The number of benzene rings is 2. The molecular formula is C17H13NO2. The van der Waals surface area contributed by atoms with Gasteiger partial charge >= 0.3 is 5.97 Å². The summed E-state index contributed by atoms with van der Waals surface area (Å²) in [5, 5.41) is 10.3. The van der Waals surface area contributed by atoms with Crippen molar-refractivity contribution in [1.29, 1.82) is 0 Å². The number of aryl methyl sites for hydroxylation is 1. The van der Waals surface area contributed by atoms with Crippen LogP contribution in [0.25, 0.3) is 22.0 Å². The quantitative estimate of drug-likeness (QED) is 0.762. The molecule has 0 aliphatic heterocycles. The zero-order chi connectivity index (χ0) is 14.1. The molecule has 0 saturated carbocycles. The summed E-state index contributed by atoms with van der Waals surface area (Å²) >= 11 is 0. The molecule has 0 radical (unpaired) electrons. The zero-order valence-electron chi connectivity index (χ0n) is 11.0. The minimum absolute atomic E-state index is 0.337. The number of fused-ring (bicyclic) bond motifs is 1. The van der Waals surface area contributed by atoms with Crippen LogP contribution >= 0.6 is 0 Å². The van der Waals surface area contributed by atoms with E-state index in [0.29, 0.717) is 5.56 Å². The second-order valence-corrected chi connectivity index (χ2v) is 4.75. The molecule has 3 heteroatoms. The molecule has 1 aromatic heterocycles.